The van der Waals surface area contributed by atoms with E-state index in [4.69, 9.17) is 9.84 Å². The molecule has 2 rings (SSSR count). The summed E-state index contributed by atoms with van der Waals surface area (Å²) in [5, 5.41) is 8.60. The summed E-state index contributed by atoms with van der Waals surface area (Å²) in [6.45, 7) is 3.59. The number of aliphatic hydroxyl groups excluding tert-OH is 1. The van der Waals surface area contributed by atoms with E-state index in [0.717, 1.165) is 0 Å². The van der Waals surface area contributed by atoms with Crippen LogP contribution in [0.25, 0.3) is 0 Å². The molecule has 4 nitrogen and oxygen atoms in total. The summed E-state index contributed by atoms with van der Waals surface area (Å²) < 4.78 is 5.29. The molecule has 2 saturated heterocycles. The SMILES string of the molecule is C=C1/C(=C/CO)O[C@@H]2CC(=O)N12. The van der Waals surface area contributed by atoms with E-state index in [9.17, 15) is 4.79 Å². The van der Waals surface area contributed by atoms with Gasteiger partial charge in [-0.15, -0.1) is 0 Å². The number of ether oxygens (including phenoxy) is 1. The average Bonchev–Trinajstić information content (AvgIpc) is 2.24. The Morgan fingerprint density at radius 1 is 1.83 bits per heavy atom. The van der Waals surface area contributed by atoms with Crippen molar-refractivity contribution in [2.75, 3.05) is 6.61 Å². The molecule has 0 aromatic rings. The smallest absolute Gasteiger partial charge is 0.235 e. The fraction of sp³-hybridized carbons (Fsp3) is 0.375. The summed E-state index contributed by atoms with van der Waals surface area (Å²) in [6, 6.07) is 0. The van der Waals surface area contributed by atoms with Gasteiger partial charge in [0.25, 0.3) is 0 Å². The zero-order valence-corrected chi connectivity index (χ0v) is 6.49. The topological polar surface area (TPSA) is 49.8 Å². The van der Waals surface area contributed by atoms with Crippen LogP contribution in [0.15, 0.2) is 24.1 Å². The van der Waals surface area contributed by atoms with Crippen LogP contribution in [0.2, 0.25) is 0 Å². The van der Waals surface area contributed by atoms with Crippen molar-refractivity contribution >= 4 is 5.91 Å². The molecule has 0 radical (unpaired) electrons. The van der Waals surface area contributed by atoms with Crippen LogP contribution in [0.1, 0.15) is 6.42 Å². The van der Waals surface area contributed by atoms with Gasteiger partial charge in [0.2, 0.25) is 5.91 Å². The van der Waals surface area contributed by atoms with E-state index >= 15 is 0 Å². The van der Waals surface area contributed by atoms with E-state index in [0.29, 0.717) is 17.9 Å². The van der Waals surface area contributed by atoms with Crippen LogP contribution in [-0.2, 0) is 9.53 Å². The van der Waals surface area contributed by atoms with Gasteiger partial charge in [0.1, 0.15) is 5.76 Å². The highest BCUT2D eigenvalue weighted by Gasteiger charge is 2.46. The summed E-state index contributed by atoms with van der Waals surface area (Å²) >= 11 is 0. The Bertz CT molecular complexity index is 282. The summed E-state index contributed by atoms with van der Waals surface area (Å²) in [4.78, 5) is 12.5. The van der Waals surface area contributed by atoms with Crippen molar-refractivity contribution < 1.29 is 14.6 Å². The van der Waals surface area contributed by atoms with Gasteiger partial charge >= 0.3 is 0 Å². The third-order valence-electron chi connectivity index (χ3n) is 2.02. The monoisotopic (exact) mass is 167 g/mol. The Balaban J connectivity index is 2.21. The van der Waals surface area contributed by atoms with E-state index in [2.05, 4.69) is 6.58 Å². The van der Waals surface area contributed by atoms with Crippen molar-refractivity contribution in [1.29, 1.82) is 0 Å². The lowest BCUT2D eigenvalue weighted by molar-refractivity contribution is -0.151. The lowest BCUT2D eigenvalue weighted by Crippen LogP contribution is -2.47. The minimum Gasteiger partial charge on any atom is -0.468 e. The van der Waals surface area contributed by atoms with E-state index in [1.165, 1.54) is 11.0 Å². The lowest BCUT2D eigenvalue weighted by atomic mass is 10.1. The maximum atomic E-state index is 11.0. The lowest BCUT2D eigenvalue weighted by Gasteiger charge is -2.30. The molecule has 1 amide bonds. The molecule has 0 saturated carbocycles. The Kier molecular flexibility index (Phi) is 1.44. The standard InChI is InChI=1S/C8H9NO3/c1-5-6(2-3-10)12-8-4-7(11)9(5)8/h2,8,10H,1,3-4H2/b6-2-/t8-/m1/s1. The largest absolute Gasteiger partial charge is 0.468 e. The van der Waals surface area contributed by atoms with Gasteiger partial charge in [-0.05, 0) is 6.08 Å². The van der Waals surface area contributed by atoms with Crippen molar-refractivity contribution in [3.8, 4) is 0 Å². The molecule has 0 aromatic carbocycles. The number of hydrogen-bond acceptors (Lipinski definition) is 3. The number of hydrogen-bond donors (Lipinski definition) is 1. The molecule has 1 atom stereocenters. The van der Waals surface area contributed by atoms with Gasteiger partial charge < -0.3 is 9.84 Å². The van der Waals surface area contributed by atoms with Crippen LogP contribution in [-0.4, -0.2) is 28.7 Å². The van der Waals surface area contributed by atoms with Crippen LogP contribution in [0, 0.1) is 0 Å². The molecule has 4 heteroatoms. The van der Waals surface area contributed by atoms with E-state index in [-0.39, 0.29) is 18.7 Å². The molecular weight excluding hydrogens is 158 g/mol. The van der Waals surface area contributed by atoms with Crippen molar-refractivity contribution in [3.63, 3.8) is 0 Å². The van der Waals surface area contributed by atoms with Crippen LogP contribution in [0.4, 0.5) is 0 Å². The third-order valence-corrected chi connectivity index (χ3v) is 2.02. The Morgan fingerprint density at radius 3 is 3.08 bits per heavy atom. The zero-order chi connectivity index (χ0) is 8.72. The van der Waals surface area contributed by atoms with Crippen molar-refractivity contribution in [2.45, 2.75) is 12.6 Å². The first-order chi connectivity index (χ1) is 5.74. The molecule has 64 valence electrons. The summed E-state index contributed by atoms with van der Waals surface area (Å²) in [6.07, 6.45) is 1.76. The number of carbonyl (C=O) groups excluding carboxylic acids is 1. The second kappa shape index (κ2) is 2.35. The van der Waals surface area contributed by atoms with Crippen molar-refractivity contribution in [3.05, 3.63) is 24.1 Å². The number of nitrogens with zero attached hydrogens (tertiary/aromatic N) is 1. The van der Waals surface area contributed by atoms with Crippen LogP contribution >= 0.6 is 0 Å². The summed E-state index contributed by atoms with van der Waals surface area (Å²) in [7, 11) is 0. The molecule has 0 unspecified atom stereocenters. The van der Waals surface area contributed by atoms with Crippen molar-refractivity contribution in [2.24, 2.45) is 0 Å². The molecule has 2 heterocycles. The number of rotatable bonds is 1. The fourth-order valence-corrected chi connectivity index (χ4v) is 1.39. The zero-order valence-electron chi connectivity index (χ0n) is 6.49. The van der Waals surface area contributed by atoms with Crippen molar-refractivity contribution in [1.82, 2.24) is 4.90 Å². The van der Waals surface area contributed by atoms with Gasteiger partial charge in [0.05, 0.1) is 18.7 Å². The highest BCUT2D eigenvalue weighted by Crippen LogP contribution is 2.37. The number of β-lactam (4-membered cyclic amide) rings is 1. The molecule has 2 fully saturated rings. The van der Waals surface area contributed by atoms with Gasteiger partial charge in [-0.2, -0.15) is 0 Å². The highest BCUT2D eigenvalue weighted by atomic mass is 16.5. The molecule has 0 spiro atoms. The highest BCUT2D eigenvalue weighted by molar-refractivity contribution is 5.86. The normalized spacial score (nSPS) is 30.2. The van der Waals surface area contributed by atoms with Gasteiger partial charge in [0, 0.05) is 0 Å². The first-order valence-corrected chi connectivity index (χ1v) is 3.73. The van der Waals surface area contributed by atoms with Gasteiger partial charge in [-0.3, -0.25) is 9.69 Å². The maximum Gasteiger partial charge on any atom is 0.235 e. The predicted molar refractivity (Wildman–Crippen MR) is 40.6 cm³/mol. The second-order valence-corrected chi connectivity index (χ2v) is 2.74. The summed E-state index contributed by atoms with van der Waals surface area (Å²) in [5.74, 6) is 0.555. The first kappa shape index (κ1) is 7.36. The molecule has 0 aliphatic carbocycles. The Morgan fingerprint density at radius 2 is 2.58 bits per heavy atom. The van der Waals surface area contributed by atoms with E-state index in [1.807, 2.05) is 0 Å². The molecular formula is C8H9NO3. The Labute approximate surface area is 69.7 Å². The van der Waals surface area contributed by atoms with Crippen LogP contribution in [0.5, 0.6) is 0 Å². The molecule has 0 aromatic heterocycles. The molecule has 12 heavy (non-hydrogen) atoms. The quantitative estimate of drug-likeness (QED) is 0.558. The number of aliphatic hydroxyl groups is 1. The number of amides is 1. The molecule has 2 aliphatic heterocycles. The number of carbonyl (C=O) groups is 1. The molecule has 1 N–H and O–H groups in total. The second-order valence-electron chi connectivity index (χ2n) is 2.74. The maximum absolute atomic E-state index is 11.0. The molecule has 2 aliphatic rings. The van der Waals surface area contributed by atoms with E-state index < -0.39 is 0 Å². The fourth-order valence-electron chi connectivity index (χ4n) is 1.39. The summed E-state index contributed by atoms with van der Waals surface area (Å²) in [5.41, 5.74) is 0.560. The molecule has 0 bridgehead atoms. The van der Waals surface area contributed by atoms with E-state index in [1.54, 1.807) is 0 Å². The minimum absolute atomic E-state index is 0.0336. The third kappa shape index (κ3) is 0.783. The Hall–Kier alpha value is -1.29. The van der Waals surface area contributed by atoms with Gasteiger partial charge in [-0.1, -0.05) is 6.58 Å². The predicted octanol–water partition coefficient (Wildman–Crippen LogP) is -0.0351. The minimum atomic E-state index is -0.164. The van der Waals surface area contributed by atoms with Crippen LogP contribution in [0.3, 0.4) is 0 Å². The van der Waals surface area contributed by atoms with Crippen LogP contribution < -0.4 is 0 Å². The first-order valence-electron chi connectivity index (χ1n) is 3.73. The number of fused-ring (bicyclic) bond motifs is 1. The van der Waals surface area contributed by atoms with Gasteiger partial charge in [-0.25, -0.2) is 0 Å². The van der Waals surface area contributed by atoms with Gasteiger partial charge in [0.15, 0.2) is 6.23 Å². The average molecular weight is 167 g/mol.